The molecule has 2 aliphatic rings. The van der Waals surface area contributed by atoms with Crippen LogP contribution in [0.5, 0.6) is 0 Å². The van der Waals surface area contributed by atoms with E-state index in [1.165, 1.54) is 19.3 Å². The minimum Gasteiger partial charge on any atom is -0.461 e. The molecule has 3 nitrogen and oxygen atoms in total. The average molecular weight is 225 g/mol. The van der Waals surface area contributed by atoms with Crippen LogP contribution in [-0.2, 0) is 9.53 Å². The molecule has 0 heterocycles. The van der Waals surface area contributed by atoms with E-state index in [1.54, 1.807) is 0 Å². The Morgan fingerprint density at radius 1 is 1.25 bits per heavy atom. The number of carbonyl (C=O) groups excluding carboxylic acids is 1. The predicted octanol–water partition coefficient (Wildman–Crippen LogP) is 2.38. The van der Waals surface area contributed by atoms with E-state index >= 15 is 0 Å². The van der Waals surface area contributed by atoms with Gasteiger partial charge in [0.05, 0.1) is 0 Å². The molecule has 0 aromatic rings. The molecule has 0 amide bonds. The van der Waals surface area contributed by atoms with E-state index in [0.29, 0.717) is 5.92 Å². The van der Waals surface area contributed by atoms with Crippen LogP contribution in [0.3, 0.4) is 0 Å². The van der Waals surface area contributed by atoms with Crippen molar-refractivity contribution >= 4 is 5.97 Å². The fourth-order valence-electron chi connectivity index (χ4n) is 3.05. The van der Waals surface area contributed by atoms with Crippen molar-refractivity contribution in [2.24, 2.45) is 11.7 Å². The molecule has 0 saturated heterocycles. The zero-order valence-corrected chi connectivity index (χ0v) is 10.2. The lowest BCUT2D eigenvalue weighted by Crippen LogP contribution is -2.52. The molecule has 0 aromatic heterocycles. The molecular formula is C13H23NO2. The van der Waals surface area contributed by atoms with Gasteiger partial charge in [0, 0.05) is 0 Å². The van der Waals surface area contributed by atoms with E-state index in [2.05, 4.69) is 6.92 Å². The van der Waals surface area contributed by atoms with E-state index in [9.17, 15) is 4.79 Å². The van der Waals surface area contributed by atoms with Crippen LogP contribution in [-0.4, -0.2) is 17.6 Å². The van der Waals surface area contributed by atoms with Crippen LogP contribution in [0, 0.1) is 5.92 Å². The minimum atomic E-state index is -0.694. The predicted molar refractivity (Wildman–Crippen MR) is 62.9 cm³/mol. The first-order chi connectivity index (χ1) is 7.60. The molecule has 2 aliphatic carbocycles. The molecule has 3 heteroatoms. The lowest BCUT2D eigenvalue weighted by molar-refractivity contribution is -0.157. The van der Waals surface area contributed by atoms with E-state index < -0.39 is 5.54 Å². The van der Waals surface area contributed by atoms with Gasteiger partial charge < -0.3 is 10.5 Å². The second kappa shape index (κ2) is 4.74. The summed E-state index contributed by atoms with van der Waals surface area (Å²) in [6.07, 6.45) is 8.39. The summed E-state index contributed by atoms with van der Waals surface area (Å²) in [6, 6.07) is 0. The number of nitrogens with two attached hydrogens (primary N) is 1. The molecule has 0 spiro atoms. The summed E-state index contributed by atoms with van der Waals surface area (Å²) in [5.41, 5.74) is 5.50. The maximum Gasteiger partial charge on any atom is 0.326 e. The molecule has 0 aromatic carbocycles. The summed E-state index contributed by atoms with van der Waals surface area (Å²) in [7, 11) is 0. The van der Waals surface area contributed by atoms with Gasteiger partial charge in [-0.25, -0.2) is 0 Å². The van der Waals surface area contributed by atoms with Crippen molar-refractivity contribution < 1.29 is 9.53 Å². The summed E-state index contributed by atoms with van der Waals surface area (Å²) in [6.45, 7) is 2.17. The maximum absolute atomic E-state index is 12.1. The number of hydrogen-bond acceptors (Lipinski definition) is 3. The van der Waals surface area contributed by atoms with Crippen LogP contribution in [0.25, 0.3) is 0 Å². The Morgan fingerprint density at radius 2 is 1.94 bits per heavy atom. The van der Waals surface area contributed by atoms with Gasteiger partial charge in [0.25, 0.3) is 0 Å². The summed E-state index contributed by atoms with van der Waals surface area (Å²) in [5.74, 6) is 0.404. The Balaban J connectivity index is 1.91. The normalized spacial score (nSPS) is 36.2. The molecule has 2 atom stereocenters. The highest BCUT2D eigenvalue weighted by molar-refractivity contribution is 5.80. The zero-order valence-electron chi connectivity index (χ0n) is 10.2. The van der Waals surface area contributed by atoms with Gasteiger partial charge in [-0.2, -0.15) is 0 Å². The van der Waals surface area contributed by atoms with E-state index in [0.717, 1.165) is 32.1 Å². The highest BCUT2D eigenvalue weighted by Gasteiger charge is 2.40. The van der Waals surface area contributed by atoms with Gasteiger partial charge >= 0.3 is 5.97 Å². The van der Waals surface area contributed by atoms with E-state index in [4.69, 9.17) is 10.5 Å². The highest BCUT2D eigenvalue weighted by Crippen LogP contribution is 2.32. The third-order valence-corrected chi connectivity index (χ3v) is 4.01. The molecule has 0 aliphatic heterocycles. The molecule has 2 fully saturated rings. The second-order valence-electron chi connectivity index (χ2n) is 5.67. The molecule has 2 rings (SSSR count). The Bertz CT molecular complexity index is 261. The van der Waals surface area contributed by atoms with Crippen molar-refractivity contribution in [1.82, 2.24) is 0 Å². The third-order valence-electron chi connectivity index (χ3n) is 4.01. The summed E-state index contributed by atoms with van der Waals surface area (Å²) < 4.78 is 5.54. The molecule has 16 heavy (non-hydrogen) atoms. The van der Waals surface area contributed by atoms with Crippen LogP contribution in [0.4, 0.5) is 0 Å². The van der Waals surface area contributed by atoms with Crippen molar-refractivity contribution in [1.29, 1.82) is 0 Å². The van der Waals surface area contributed by atoms with E-state index in [1.807, 2.05) is 0 Å². The van der Waals surface area contributed by atoms with Gasteiger partial charge in [-0.05, 0) is 44.4 Å². The standard InChI is InChI=1S/C13H23NO2/c1-10-5-4-8-13(14,9-10)12(15)16-11-6-2-3-7-11/h10-11H,2-9,14H2,1H3. The first-order valence-electron chi connectivity index (χ1n) is 6.60. The summed E-state index contributed by atoms with van der Waals surface area (Å²) >= 11 is 0. The van der Waals surface area contributed by atoms with Gasteiger partial charge in [-0.1, -0.05) is 19.8 Å². The molecule has 2 unspecified atom stereocenters. The van der Waals surface area contributed by atoms with E-state index in [-0.39, 0.29) is 12.1 Å². The van der Waals surface area contributed by atoms with Gasteiger partial charge in [-0.15, -0.1) is 0 Å². The highest BCUT2D eigenvalue weighted by atomic mass is 16.5. The van der Waals surface area contributed by atoms with Crippen molar-refractivity contribution in [2.45, 2.75) is 69.9 Å². The van der Waals surface area contributed by atoms with Crippen LogP contribution >= 0.6 is 0 Å². The number of hydrogen-bond donors (Lipinski definition) is 1. The quantitative estimate of drug-likeness (QED) is 0.734. The Labute approximate surface area is 97.7 Å². The average Bonchev–Trinajstić information content (AvgIpc) is 2.70. The third kappa shape index (κ3) is 2.57. The maximum atomic E-state index is 12.1. The Hall–Kier alpha value is -0.570. The minimum absolute atomic E-state index is 0.144. The molecule has 0 bridgehead atoms. The molecule has 92 valence electrons. The first kappa shape index (κ1) is 11.9. The first-order valence-corrected chi connectivity index (χ1v) is 6.60. The molecule has 2 N–H and O–H groups in total. The topological polar surface area (TPSA) is 52.3 Å². The lowest BCUT2D eigenvalue weighted by Gasteiger charge is -2.35. The van der Waals surface area contributed by atoms with Crippen molar-refractivity contribution in [3.8, 4) is 0 Å². The van der Waals surface area contributed by atoms with Crippen molar-refractivity contribution in [3.05, 3.63) is 0 Å². The van der Waals surface area contributed by atoms with Gasteiger partial charge in [0.1, 0.15) is 11.6 Å². The fourth-order valence-corrected chi connectivity index (χ4v) is 3.05. The zero-order chi connectivity index (χ0) is 11.6. The number of carbonyl (C=O) groups is 1. The van der Waals surface area contributed by atoms with Crippen molar-refractivity contribution in [2.75, 3.05) is 0 Å². The molecular weight excluding hydrogens is 202 g/mol. The Kier molecular flexibility index (Phi) is 3.53. The smallest absolute Gasteiger partial charge is 0.326 e. The van der Waals surface area contributed by atoms with Crippen LogP contribution in [0.1, 0.15) is 58.3 Å². The van der Waals surface area contributed by atoms with Gasteiger partial charge in [-0.3, -0.25) is 4.79 Å². The molecule has 2 saturated carbocycles. The molecule has 0 radical (unpaired) electrons. The fraction of sp³-hybridized carbons (Fsp3) is 0.923. The van der Waals surface area contributed by atoms with Gasteiger partial charge in [0.15, 0.2) is 0 Å². The van der Waals surface area contributed by atoms with Crippen LogP contribution < -0.4 is 5.73 Å². The van der Waals surface area contributed by atoms with Crippen LogP contribution in [0.2, 0.25) is 0 Å². The van der Waals surface area contributed by atoms with Gasteiger partial charge in [0.2, 0.25) is 0 Å². The lowest BCUT2D eigenvalue weighted by atomic mass is 9.77. The van der Waals surface area contributed by atoms with Crippen molar-refractivity contribution in [3.63, 3.8) is 0 Å². The second-order valence-corrected chi connectivity index (χ2v) is 5.67. The number of esters is 1. The summed E-state index contributed by atoms with van der Waals surface area (Å²) in [5, 5.41) is 0. The SMILES string of the molecule is CC1CCCC(N)(C(=O)OC2CCCC2)C1. The number of ether oxygens (including phenoxy) is 1. The number of rotatable bonds is 2. The Morgan fingerprint density at radius 3 is 2.56 bits per heavy atom. The monoisotopic (exact) mass is 225 g/mol. The van der Waals surface area contributed by atoms with Crippen LogP contribution in [0.15, 0.2) is 0 Å². The summed E-state index contributed by atoms with van der Waals surface area (Å²) in [4.78, 5) is 12.1. The largest absolute Gasteiger partial charge is 0.461 e.